The number of methoxy groups -OCH3 is 2. The van der Waals surface area contributed by atoms with Crippen LogP contribution in [0, 0.1) is 23.7 Å². The lowest BCUT2D eigenvalue weighted by Gasteiger charge is -2.51. The van der Waals surface area contributed by atoms with E-state index in [-0.39, 0.29) is 51.7 Å². The second kappa shape index (κ2) is 16.4. The summed E-state index contributed by atoms with van der Waals surface area (Å²) in [6, 6.07) is 23.5. The zero-order valence-corrected chi connectivity index (χ0v) is 37.9. The fourth-order valence-corrected chi connectivity index (χ4v) is 12.1. The van der Waals surface area contributed by atoms with Gasteiger partial charge >= 0.3 is 0 Å². The van der Waals surface area contributed by atoms with Crippen LogP contribution in [0.15, 0.2) is 99.5 Å². The van der Waals surface area contributed by atoms with Gasteiger partial charge in [0.1, 0.15) is 5.75 Å². The topological polar surface area (TPSA) is 129 Å². The van der Waals surface area contributed by atoms with E-state index in [1.807, 2.05) is 24.3 Å². The number of aromatic hydroxyl groups is 1. The van der Waals surface area contributed by atoms with E-state index < -0.39 is 46.8 Å². The van der Waals surface area contributed by atoms with E-state index in [2.05, 4.69) is 54.3 Å². The molecule has 4 fully saturated rings. The molecule has 0 unspecified atom stereocenters. The summed E-state index contributed by atoms with van der Waals surface area (Å²) < 4.78 is 11.9. The highest BCUT2D eigenvalue weighted by Gasteiger charge is 2.71. The number of benzene rings is 4. The number of phenols is 1. The van der Waals surface area contributed by atoms with E-state index in [0.717, 1.165) is 30.2 Å². The van der Waals surface area contributed by atoms with E-state index in [4.69, 9.17) is 32.7 Å². The first-order valence-corrected chi connectivity index (χ1v) is 22.6. The number of amides is 4. The maximum atomic E-state index is 15.7. The number of anilines is 1. The van der Waals surface area contributed by atoms with E-state index in [0.29, 0.717) is 44.9 Å². The summed E-state index contributed by atoms with van der Waals surface area (Å²) in [6.45, 7) is 2.29. The van der Waals surface area contributed by atoms with Crippen molar-refractivity contribution in [1.82, 2.24) is 14.8 Å². The molecule has 15 heteroatoms. The third-order valence-electron chi connectivity index (χ3n) is 13.5. The molecule has 3 saturated heterocycles. The molecular formula is C46H42Br2Cl2N4O7. The van der Waals surface area contributed by atoms with Crippen LogP contribution in [-0.2, 0) is 31.1 Å². The number of piperidine rings is 1. The number of halogens is 4. The van der Waals surface area contributed by atoms with Crippen LogP contribution < -0.4 is 14.9 Å². The lowest BCUT2D eigenvalue weighted by molar-refractivity contribution is -0.144. The van der Waals surface area contributed by atoms with Gasteiger partial charge in [-0.25, -0.2) is 0 Å². The van der Waals surface area contributed by atoms with Crippen molar-refractivity contribution in [2.24, 2.45) is 23.7 Å². The third kappa shape index (κ3) is 6.77. The molecule has 9 rings (SSSR count). The number of nitrogens with one attached hydrogen (secondary N) is 1. The number of phenolic OH excluding ortho intramolecular Hbond substituents is 1. The number of hydrogen-bond acceptors (Lipinski definition) is 9. The molecule has 3 heterocycles. The lowest BCUT2D eigenvalue weighted by atomic mass is 9.49. The Morgan fingerprint density at radius 1 is 0.852 bits per heavy atom. The fraction of sp³-hybridized carbons (Fsp3) is 0.348. The minimum absolute atomic E-state index is 0.114. The van der Waals surface area contributed by atoms with E-state index in [1.54, 1.807) is 49.6 Å². The molecular weight excluding hydrogens is 951 g/mol. The first kappa shape index (κ1) is 41.9. The number of likely N-dealkylation sites (tertiary alicyclic amines) is 2. The van der Waals surface area contributed by atoms with Crippen molar-refractivity contribution in [3.8, 4) is 17.2 Å². The number of ether oxygens (including phenoxy) is 2. The van der Waals surface area contributed by atoms with Crippen molar-refractivity contribution in [3.05, 3.63) is 126 Å². The molecule has 0 spiro atoms. The lowest BCUT2D eigenvalue weighted by Crippen LogP contribution is -2.53. The normalized spacial score (nSPS) is 26.5. The Kier molecular flexibility index (Phi) is 11.3. The average molecular weight is 994 g/mol. The highest BCUT2D eigenvalue weighted by Crippen LogP contribution is 2.66. The van der Waals surface area contributed by atoms with Crippen LogP contribution >= 0.6 is 55.1 Å². The monoisotopic (exact) mass is 990 g/mol. The molecule has 61 heavy (non-hydrogen) atoms. The second-order valence-corrected chi connectivity index (χ2v) is 18.8. The number of allylic oxidation sites excluding steroid dienone is 2. The molecule has 1 saturated carbocycles. The first-order chi connectivity index (χ1) is 29.4. The third-order valence-corrected chi connectivity index (χ3v) is 16.2. The van der Waals surface area contributed by atoms with Crippen molar-refractivity contribution in [2.45, 2.75) is 49.6 Å². The number of imide groups is 2. The van der Waals surface area contributed by atoms with Gasteiger partial charge in [-0.05, 0) is 117 Å². The smallest absolute Gasteiger partial charge is 0.260 e. The second-order valence-electron chi connectivity index (χ2n) is 16.4. The van der Waals surface area contributed by atoms with Crippen LogP contribution in [0.5, 0.6) is 17.2 Å². The predicted molar refractivity (Wildman–Crippen MR) is 237 cm³/mol. The van der Waals surface area contributed by atoms with E-state index in [9.17, 15) is 14.7 Å². The Morgan fingerprint density at radius 3 is 2.25 bits per heavy atom. The maximum Gasteiger partial charge on any atom is 0.260 e. The van der Waals surface area contributed by atoms with Gasteiger partial charge in [0.15, 0.2) is 11.5 Å². The van der Waals surface area contributed by atoms with Crippen molar-refractivity contribution in [1.29, 1.82) is 0 Å². The molecule has 2 aliphatic carbocycles. The summed E-state index contributed by atoms with van der Waals surface area (Å²) >= 11 is 20.2. The number of hydrazine groups is 1. The minimum atomic E-state index is -1.61. The molecule has 3 aliphatic heterocycles. The first-order valence-electron chi connectivity index (χ1n) is 20.2. The zero-order chi connectivity index (χ0) is 42.9. The zero-order valence-electron chi connectivity index (χ0n) is 33.2. The molecule has 6 atom stereocenters. The fourth-order valence-electron chi connectivity index (χ4n) is 10.7. The molecule has 0 bridgehead atoms. The van der Waals surface area contributed by atoms with Crippen LogP contribution in [0.4, 0.5) is 5.69 Å². The number of nitrogens with zero attached hydrogens (tertiary/aromatic N) is 3. The standard InChI is InChI=1S/C46H42Br2Cl2N4O7/c1-60-28-11-8-25(9-12-28)46-33(43(57)54(45(46)59)51-35-15-10-26(49)20-34(35)50)21-31-29(38(46)32-22-36(61-2)41(55)40(48)39(32)47)13-14-30-37(31)44(58)53(42(30)56)27-16-18-52(19-17-27)23-24-6-4-3-5-7-24/h3-13,15,20,22,27,30-31,33,37-38,51,55H,14,16-19,21,23H2,1-2H3/t30-,31+,33-,37-,38+,46+/m0/s1. The molecule has 0 aromatic heterocycles. The molecule has 0 radical (unpaired) electrons. The van der Waals surface area contributed by atoms with Gasteiger partial charge in [0.25, 0.3) is 11.8 Å². The quantitative estimate of drug-likeness (QED) is 0.125. The molecule has 4 aromatic carbocycles. The molecule has 4 amide bonds. The molecule has 316 valence electrons. The van der Waals surface area contributed by atoms with Crippen molar-refractivity contribution >= 4 is 84.4 Å². The van der Waals surface area contributed by atoms with Crippen LogP contribution in [-0.4, -0.2) is 76.9 Å². The van der Waals surface area contributed by atoms with Crippen LogP contribution in [0.2, 0.25) is 10.0 Å². The summed E-state index contributed by atoms with van der Waals surface area (Å²) in [6.07, 6.45) is 3.73. The van der Waals surface area contributed by atoms with Crippen molar-refractivity contribution in [2.75, 3.05) is 32.7 Å². The van der Waals surface area contributed by atoms with E-state index >= 15 is 9.59 Å². The summed E-state index contributed by atoms with van der Waals surface area (Å²) in [5.41, 5.74) is 4.79. The predicted octanol–water partition coefficient (Wildman–Crippen LogP) is 8.89. The van der Waals surface area contributed by atoms with Gasteiger partial charge in [-0.15, -0.1) is 0 Å². The molecule has 4 aromatic rings. The average Bonchev–Trinajstić information content (AvgIpc) is 3.65. The summed E-state index contributed by atoms with van der Waals surface area (Å²) in [7, 11) is 2.98. The summed E-state index contributed by atoms with van der Waals surface area (Å²) in [5, 5.41) is 12.8. The number of carbonyl (C=O) groups is 4. The highest BCUT2D eigenvalue weighted by atomic mass is 79.9. The molecule has 5 aliphatic rings. The van der Waals surface area contributed by atoms with Crippen LogP contribution in [0.25, 0.3) is 0 Å². The number of hydrogen-bond donors (Lipinski definition) is 2. The Labute approximate surface area is 380 Å². The van der Waals surface area contributed by atoms with Crippen molar-refractivity contribution in [3.63, 3.8) is 0 Å². The Balaban J connectivity index is 1.16. The van der Waals surface area contributed by atoms with Gasteiger partial charge < -0.3 is 14.6 Å². The number of rotatable bonds is 9. The van der Waals surface area contributed by atoms with Gasteiger partial charge in [0.2, 0.25) is 11.8 Å². The highest BCUT2D eigenvalue weighted by molar-refractivity contribution is 9.13. The van der Waals surface area contributed by atoms with Gasteiger partial charge in [-0.1, -0.05) is 77.3 Å². The van der Waals surface area contributed by atoms with Crippen LogP contribution in [0.1, 0.15) is 48.3 Å². The van der Waals surface area contributed by atoms with Gasteiger partial charge in [-0.3, -0.25) is 34.4 Å². The SMILES string of the molecule is COc1ccc([C@@]23C(=O)N(Nc4ccc(Cl)cc4Cl)C(=O)[C@@H]2C[C@@H]2C(=CC[C@@H]4C(=O)N(C5CCN(Cc6ccccc6)CC5)C(=O)[C@@H]42)[C@@H]3c2cc(OC)c(O)c(Br)c2Br)cc1. The summed E-state index contributed by atoms with van der Waals surface area (Å²) in [4.78, 5) is 64.3. The summed E-state index contributed by atoms with van der Waals surface area (Å²) in [5.74, 6) is -4.80. The van der Waals surface area contributed by atoms with E-state index in [1.165, 1.54) is 23.6 Å². The van der Waals surface area contributed by atoms with Crippen LogP contribution in [0.3, 0.4) is 0 Å². The molecule has 2 N–H and O–H groups in total. The minimum Gasteiger partial charge on any atom is -0.503 e. The van der Waals surface area contributed by atoms with Crippen molar-refractivity contribution < 1.29 is 33.8 Å². The molecule has 11 nitrogen and oxygen atoms in total. The Morgan fingerprint density at radius 2 is 1.57 bits per heavy atom. The maximum absolute atomic E-state index is 15.7. The van der Waals surface area contributed by atoms with Gasteiger partial charge in [0, 0.05) is 41.1 Å². The van der Waals surface area contributed by atoms with Gasteiger partial charge in [-0.2, -0.15) is 5.01 Å². The largest absolute Gasteiger partial charge is 0.503 e. The Hall–Kier alpha value is -4.40. The number of carbonyl (C=O) groups excluding carboxylic acids is 4. The Bertz CT molecular complexity index is 2480. The number of fused-ring (bicyclic) bond motifs is 4. The van der Waals surface area contributed by atoms with Gasteiger partial charge in [0.05, 0.1) is 52.6 Å².